The quantitative estimate of drug-likeness (QED) is 0.874. The summed E-state index contributed by atoms with van der Waals surface area (Å²) in [4.78, 5) is 20.6. The fourth-order valence-corrected chi connectivity index (χ4v) is 3.12. The van der Waals surface area contributed by atoms with Gasteiger partial charge in [0.1, 0.15) is 5.82 Å². The Hall–Kier alpha value is -1.55. The molecule has 3 rings (SSSR count). The van der Waals surface area contributed by atoms with Crippen molar-refractivity contribution in [1.29, 1.82) is 0 Å². The monoisotopic (exact) mass is 272 g/mol. The minimum Gasteiger partial charge on any atom is -0.310 e. The predicted octanol–water partition coefficient (Wildman–Crippen LogP) is 2.86. The molecule has 0 bridgehead atoms. The summed E-state index contributed by atoms with van der Waals surface area (Å²) in [6, 6.07) is 8.40. The first-order chi connectivity index (χ1) is 9.22. The summed E-state index contributed by atoms with van der Waals surface area (Å²) in [5.74, 6) is 1.50. The minimum absolute atomic E-state index is 0.0574. The number of nitrogens with zero attached hydrogens (tertiary/aromatic N) is 1. The molecule has 1 aliphatic rings. The maximum absolute atomic E-state index is 11.9. The highest BCUT2D eigenvalue weighted by Crippen LogP contribution is 2.22. The molecule has 1 heterocycles. The van der Waals surface area contributed by atoms with Gasteiger partial charge in [-0.2, -0.15) is 0 Å². The van der Waals surface area contributed by atoms with Gasteiger partial charge in [-0.1, -0.05) is 17.7 Å². The van der Waals surface area contributed by atoms with E-state index in [1.807, 2.05) is 0 Å². The van der Waals surface area contributed by atoms with Crippen molar-refractivity contribution in [1.82, 2.24) is 9.97 Å². The van der Waals surface area contributed by atoms with Crippen LogP contribution in [0, 0.1) is 6.92 Å². The van der Waals surface area contributed by atoms with Crippen LogP contribution >= 0.6 is 11.8 Å². The fraction of sp³-hybridized carbons (Fsp3) is 0.333. The van der Waals surface area contributed by atoms with Crippen LogP contribution in [0.25, 0.3) is 0 Å². The smallest absolute Gasteiger partial charge is 0.254 e. The third kappa shape index (κ3) is 2.73. The number of aryl methyl sites for hydroxylation is 2. The summed E-state index contributed by atoms with van der Waals surface area (Å²) < 4.78 is 0. The molecule has 0 spiro atoms. The molecule has 0 amide bonds. The molecule has 1 aliphatic carbocycles. The highest BCUT2D eigenvalue weighted by molar-refractivity contribution is 7.98. The largest absolute Gasteiger partial charge is 0.310 e. The summed E-state index contributed by atoms with van der Waals surface area (Å²) in [5, 5.41) is 0. The van der Waals surface area contributed by atoms with E-state index in [9.17, 15) is 4.79 Å². The number of thioether (sulfide) groups is 1. The van der Waals surface area contributed by atoms with E-state index >= 15 is 0 Å². The van der Waals surface area contributed by atoms with Crippen LogP contribution in [0.1, 0.15) is 29.1 Å². The maximum Gasteiger partial charge on any atom is 0.254 e. The van der Waals surface area contributed by atoms with Crippen molar-refractivity contribution in [2.75, 3.05) is 0 Å². The molecule has 0 atom stereocenters. The molecule has 0 radical (unpaired) electrons. The summed E-state index contributed by atoms with van der Waals surface area (Å²) >= 11 is 1.70. The number of nitrogens with one attached hydrogen (secondary N) is 1. The molecule has 4 heteroatoms. The molecule has 1 N–H and O–H groups in total. The van der Waals surface area contributed by atoms with Crippen LogP contribution in [0.15, 0.2) is 34.0 Å². The zero-order valence-corrected chi connectivity index (χ0v) is 11.7. The molecule has 98 valence electrons. The predicted molar refractivity (Wildman–Crippen MR) is 77.6 cm³/mol. The Kier molecular flexibility index (Phi) is 3.42. The number of aromatic amines is 1. The van der Waals surface area contributed by atoms with Gasteiger partial charge in [0.05, 0.1) is 11.4 Å². The number of aromatic nitrogens is 2. The second-order valence-electron chi connectivity index (χ2n) is 4.89. The highest BCUT2D eigenvalue weighted by atomic mass is 32.2. The van der Waals surface area contributed by atoms with Crippen molar-refractivity contribution >= 4 is 11.8 Å². The van der Waals surface area contributed by atoms with Gasteiger partial charge in [-0.25, -0.2) is 4.98 Å². The molecule has 2 aromatic rings. The fourth-order valence-electron chi connectivity index (χ4n) is 2.35. The third-order valence-electron chi connectivity index (χ3n) is 3.39. The van der Waals surface area contributed by atoms with E-state index in [1.165, 1.54) is 10.5 Å². The summed E-state index contributed by atoms with van der Waals surface area (Å²) in [6.45, 7) is 2.08. The SMILES string of the molecule is Cc1ccc(SCc2nc3c(c(=O)[nH]2)CCC3)cc1. The second-order valence-corrected chi connectivity index (χ2v) is 5.94. The Morgan fingerprint density at radius 1 is 1.26 bits per heavy atom. The highest BCUT2D eigenvalue weighted by Gasteiger charge is 2.16. The van der Waals surface area contributed by atoms with Crippen LogP contribution in [0.4, 0.5) is 0 Å². The molecule has 0 unspecified atom stereocenters. The van der Waals surface area contributed by atoms with E-state index in [0.29, 0.717) is 5.75 Å². The summed E-state index contributed by atoms with van der Waals surface area (Å²) in [6.07, 6.45) is 2.88. The average molecular weight is 272 g/mol. The van der Waals surface area contributed by atoms with Crippen molar-refractivity contribution < 1.29 is 0 Å². The van der Waals surface area contributed by atoms with E-state index in [1.54, 1.807) is 11.8 Å². The Morgan fingerprint density at radius 2 is 2.05 bits per heavy atom. The molecular weight excluding hydrogens is 256 g/mol. The van der Waals surface area contributed by atoms with Crippen LogP contribution in [-0.4, -0.2) is 9.97 Å². The van der Waals surface area contributed by atoms with E-state index in [0.717, 1.165) is 36.3 Å². The van der Waals surface area contributed by atoms with Gasteiger partial charge in [-0.3, -0.25) is 4.79 Å². The first-order valence-electron chi connectivity index (χ1n) is 6.53. The van der Waals surface area contributed by atoms with E-state index in [2.05, 4.69) is 41.2 Å². The van der Waals surface area contributed by atoms with Crippen LogP contribution in [0.2, 0.25) is 0 Å². The summed E-state index contributed by atoms with van der Waals surface area (Å²) in [5.41, 5.74) is 3.21. The first-order valence-corrected chi connectivity index (χ1v) is 7.51. The normalized spacial score (nSPS) is 13.5. The maximum atomic E-state index is 11.9. The molecule has 0 saturated carbocycles. The standard InChI is InChI=1S/C15H16N2OS/c1-10-5-7-11(8-6-10)19-9-14-16-13-4-2-3-12(13)15(18)17-14/h5-8H,2-4,9H2,1H3,(H,16,17,18). The van der Waals surface area contributed by atoms with E-state index < -0.39 is 0 Å². The summed E-state index contributed by atoms with van der Waals surface area (Å²) in [7, 11) is 0. The van der Waals surface area contributed by atoms with Gasteiger partial charge in [0.2, 0.25) is 0 Å². The molecule has 0 aliphatic heterocycles. The van der Waals surface area contributed by atoms with Crippen LogP contribution in [0.5, 0.6) is 0 Å². The van der Waals surface area contributed by atoms with Gasteiger partial charge in [-0.05, 0) is 38.3 Å². The Labute approximate surface area is 116 Å². The van der Waals surface area contributed by atoms with E-state index in [4.69, 9.17) is 0 Å². The van der Waals surface area contributed by atoms with Gasteiger partial charge < -0.3 is 4.98 Å². The molecule has 3 nitrogen and oxygen atoms in total. The lowest BCUT2D eigenvalue weighted by molar-refractivity contribution is 0.893. The number of hydrogen-bond acceptors (Lipinski definition) is 3. The third-order valence-corrected chi connectivity index (χ3v) is 4.41. The average Bonchev–Trinajstić information content (AvgIpc) is 2.87. The zero-order chi connectivity index (χ0) is 13.2. The van der Waals surface area contributed by atoms with E-state index in [-0.39, 0.29) is 5.56 Å². The first kappa shape index (κ1) is 12.5. The number of fused-ring (bicyclic) bond motifs is 1. The van der Waals surface area contributed by atoms with Crippen molar-refractivity contribution in [2.45, 2.75) is 36.8 Å². The van der Waals surface area contributed by atoms with Gasteiger partial charge in [0.15, 0.2) is 0 Å². The lowest BCUT2D eigenvalue weighted by Gasteiger charge is -2.04. The topological polar surface area (TPSA) is 45.8 Å². The molecule has 19 heavy (non-hydrogen) atoms. The minimum atomic E-state index is 0.0574. The zero-order valence-electron chi connectivity index (χ0n) is 10.9. The van der Waals surface area contributed by atoms with Crippen LogP contribution in [-0.2, 0) is 18.6 Å². The number of hydrogen-bond donors (Lipinski definition) is 1. The van der Waals surface area contributed by atoms with Crippen molar-refractivity contribution in [3.8, 4) is 0 Å². The van der Waals surface area contributed by atoms with Gasteiger partial charge in [0.25, 0.3) is 5.56 Å². The number of H-pyrrole nitrogens is 1. The molecule has 1 aromatic heterocycles. The molecular formula is C15H16N2OS. The Morgan fingerprint density at radius 3 is 2.84 bits per heavy atom. The van der Waals surface area contributed by atoms with Gasteiger partial charge in [0, 0.05) is 10.5 Å². The van der Waals surface area contributed by atoms with Crippen molar-refractivity contribution in [3.63, 3.8) is 0 Å². The Bertz CT molecular complexity index is 646. The van der Waals surface area contributed by atoms with Crippen molar-refractivity contribution in [3.05, 3.63) is 57.3 Å². The van der Waals surface area contributed by atoms with Crippen LogP contribution < -0.4 is 5.56 Å². The number of benzene rings is 1. The van der Waals surface area contributed by atoms with Crippen LogP contribution in [0.3, 0.4) is 0 Å². The Balaban J connectivity index is 1.75. The second kappa shape index (κ2) is 5.21. The van der Waals surface area contributed by atoms with Gasteiger partial charge >= 0.3 is 0 Å². The lowest BCUT2D eigenvalue weighted by atomic mass is 10.2. The van der Waals surface area contributed by atoms with Crippen molar-refractivity contribution in [2.24, 2.45) is 0 Å². The molecule has 0 fully saturated rings. The lowest BCUT2D eigenvalue weighted by Crippen LogP contribution is -2.16. The molecule has 0 saturated heterocycles. The number of rotatable bonds is 3. The molecule has 1 aromatic carbocycles. The van der Waals surface area contributed by atoms with Gasteiger partial charge in [-0.15, -0.1) is 11.8 Å².